The monoisotopic (exact) mass is 256 g/mol. The third-order valence-corrected chi connectivity index (χ3v) is 3.87. The van der Waals surface area contributed by atoms with Crippen molar-refractivity contribution in [3.63, 3.8) is 0 Å². The molecule has 0 aromatic rings. The summed E-state index contributed by atoms with van der Waals surface area (Å²) < 4.78 is 0. The molecule has 0 rings (SSSR count). The third kappa shape index (κ3) is 12.4. The quantitative estimate of drug-likeness (QED) is 0.419. The SMILES string of the molecule is CCCCCCCCCC(O)CC(C)CCCC. The highest BCUT2D eigenvalue weighted by Crippen LogP contribution is 2.17. The molecule has 0 radical (unpaired) electrons. The number of rotatable bonds is 13. The van der Waals surface area contributed by atoms with Crippen LogP contribution in [0.4, 0.5) is 0 Å². The van der Waals surface area contributed by atoms with Crippen molar-refractivity contribution < 1.29 is 5.11 Å². The minimum absolute atomic E-state index is 0.0486. The number of hydrogen-bond donors (Lipinski definition) is 1. The summed E-state index contributed by atoms with van der Waals surface area (Å²) in [4.78, 5) is 0. The van der Waals surface area contributed by atoms with Crippen LogP contribution < -0.4 is 0 Å². The summed E-state index contributed by atoms with van der Waals surface area (Å²) in [6.07, 6.45) is 15.2. The van der Waals surface area contributed by atoms with Crippen molar-refractivity contribution in [1.29, 1.82) is 0 Å². The molecule has 0 fully saturated rings. The van der Waals surface area contributed by atoms with Gasteiger partial charge in [-0.25, -0.2) is 0 Å². The lowest BCUT2D eigenvalue weighted by Crippen LogP contribution is -2.11. The van der Waals surface area contributed by atoms with Crippen molar-refractivity contribution in [2.24, 2.45) is 5.92 Å². The standard InChI is InChI=1S/C17H36O/c1-4-6-8-9-10-11-12-14-17(18)15-16(3)13-7-5-2/h16-18H,4-15H2,1-3H3. The minimum atomic E-state index is -0.0486. The van der Waals surface area contributed by atoms with E-state index < -0.39 is 0 Å². The van der Waals surface area contributed by atoms with Crippen molar-refractivity contribution in [3.8, 4) is 0 Å². The molecule has 0 heterocycles. The maximum atomic E-state index is 9.96. The van der Waals surface area contributed by atoms with Gasteiger partial charge in [-0.15, -0.1) is 0 Å². The Kier molecular flexibility index (Phi) is 13.4. The van der Waals surface area contributed by atoms with E-state index in [4.69, 9.17) is 0 Å². The molecule has 0 aromatic carbocycles. The van der Waals surface area contributed by atoms with Gasteiger partial charge in [0.1, 0.15) is 0 Å². The molecule has 18 heavy (non-hydrogen) atoms. The highest BCUT2D eigenvalue weighted by molar-refractivity contribution is 4.62. The van der Waals surface area contributed by atoms with E-state index in [0.717, 1.165) is 12.8 Å². The highest BCUT2D eigenvalue weighted by atomic mass is 16.3. The molecule has 110 valence electrons. The maximum Gasteiger partial charge on any atom is 0.0542 e. The van der Waals surface area contributed by atoms with E-state index in [1.165, 1.54) is 64.2 Å². The lowest BCUT2D eigenvalue weighted by molar-refractivity contribution is 0.130. The molecule has 0 amide bonds. The second-order valence-corrected chi connectivity index (χ2v) is 6.05. The molecule has 0 aromatic heterocycles. The molecule has 0 aliphatic heterocycles. The largest absolute Gasteiger partial charge is 0.393 e. The number of unbranched alkanes of at least 4 members (excludes halogenated alkanes) is 7. The first-order chi connectivity index (χ1) is 8.70. The van der Waals surface area contributed by atoms with Crippen molar-refractivity contribution >= 4 is 0 Å². The first kappa shape index (κ1) is 18.0. The van der Waals surface area contributed by atoms with E-state index in [0.29, 0.717) is 5.92 Å². The summed E-state index contributed by atoms with van der Waals surface area (Å²) in [5.74, 6) is 0.699. The predicted molar refractivity (Wildman–Crippen MR) is 81.9 cm³/mol. The second-order valence-electron chi connectivity index (χ2n) is 6.05. The third-order valence-electron chi connectivity index (χ3n) is 3.87. The van der Waals surface area contributed by atoms with Gasteiger partial charge in [0, 0.05) is 0 Å². The molecule has 0 spiro atoms. The Morgan fingerprint density at radius 1 is 0.722 bits per heavy atom. The molecule has 0 saturated carbocycles. The summed E-state index contributed by atoms with van der Waals surface area (Å²) in [5, 5.41) is 9.96. The smallest absolute Gasteiger partial charge is 0.0542 e. The van der Waals surface area contributed by atoms with Gasteiger partial charge in [-0.1, -0.05) is 85.0 Å². The van der Waals surface area contributed by atoms with Crippen LogP contribution in [-0.4, -0.2) is 11.2 Å². The molecule has 1 heteroatoms. The molecular weight excluding hydrogens is 220 g/mol. The van der Waals surface area contributed by atoms with Crippen LogP contribution in [0.3, 0.4) is 0 Å². The Labute approximate surface area is 115 Å². The zero-order chi connectivity index (χ0) is 13.6. The van der Waals surface area contributed by atoms with E-state index in [9.17, 15) is 5.11 Å². The van der Waals surface area contributed by atoms with Crippen molar-refractivity contribution in [2.45, 2.75) is 104 Å². The van der Waals surface area contributed by atoms with Crippen LogP contribution in [0.15, 0.2) is 0 Å². The molecule has 0 aliphatic carbocycles. The Morgan fingerprint density at radius 2 is 1.28 bits per heavy atom. The first-order valence-corrected chi connectivity index (χ1v) is 8.38. The topological polar surface area (TPSA) is 20.2 Å². The Bertz CT molecular complexity index is 156. The molecule has 0 saturated heterocycles. The van der Waals surface area contributed by atoms with Crippen LogP contribution in [0, 0.1) is 5.92 Å². The molecular formula is C17H36O. The normalized spacial score (nSPS) is 14.7. The maximum absolute atomic E-state index is 9.96. The number of hydrogen-bond acceptors (Lipinski definition) is 1. The van der Waals surface area contributed by atoms with Crippen molar-refractivity contribution in [1.82, 2.24) is 0 Å². The summed E-state index contributed by atoms with van der Waals surface area (Å²) in [5.41, 5.74) is 0. The fourth-order valence-corrected chi connectivity index (χ4v) is 2.59. The summed E-state index contributed by atoms with van der Waals surface area (Å²) in [6, 6.07) is 0. The van der Waals surface area contributed by atoms with Gasteiger partial charge >= 0.3 is 0 Å². The van der Waals surface area contributed by atoms with Crippen LogP contribution in [0.2, 0.25) is 0 Å². The molecule has 1 N–H and O–H groups in total. The van der Waals surface area contributed by atoms with E-state index >= 15 is 0 Å². The molecule has 1 nitrogen and oxygen atoms in total. The minimum Gasteiger partial charge on any atom is -0.393 e. The van der Waals surface area contributed by atoms with Gasteiger partial charge < -0.3 is 5.11 Å². The van der Waals surface area contributed by atoms with Gasteiger partial charge in [0.2, 0.25) is 0 Å². The Hall–Kier alpha value is -0.0400. The summed E-state index contributed by atoms with van der Waals surface area (Å²) in [6.45, 7) is 6.78. The Morgan fingerprint density at radius 3 is 1.89 bits per heavy atom. The lowest BCUT2D eigenvalue weighted by atomic mass is 9.95. The average Bonchev–Trinajstić information content (AvgIpc) is 2.35. The highest BCUT2D eigenvalue weighted by Gasteiger charge is 2.09. The summed E-state index contributed by atoms with van der Waals surface area (Å²) >= 11 is 0. The van der Waals surface area contributed by atoms with Crippen molar-refractivity contribution in [3.05, 3.63) is 0 Å². The van der Waals surface area contributed by atoms with Crippen LogP contribution in [0.25, 0.3) is 0 Å². The van der Waals surface area contributed by atoms with Gasteiger partial charge in [0.15, 0.2) is 0 Å². The van der Waals surface area contributed by atoms with E-state index in [1.54, 1.807) is 0 Å². The molecule has 0 bridgehead atoms. The first-order valence-electron chi connectivity index (χ1n) is 8.38. The molecule has 0 aliphatic rings. The molecule has 2 atom stereocenters. The van der Waals surface area contributed by atoms with E-state index in [1.807, 2.05) is 0 Å². The zero-order valence-electron chi connectivity index (χ0n) is 13.1. The van der Waals surface area contributed by atoms with E-state index in [-0.39, 0.29) is 6.10 Å². The number of aliphatic hydroxyl groups is 1. The van der Waals surface area contributed by atoms with Gasteiger partial charge in [-0.2, -0.15) is 0 Å². The van der Waals surface area contributed by atoms with Crippen molar-refractivity contribution in [2.75, 3.05) is 0 Å². The van der Waals surface area contributed by atoms with Gasteiger partial charge in [-0.3, -0.25) is 0 Å². The van der Waals surface area contributed by atoms with E-state index in [2.05, 4.69) is 20.8 Å². The average molecular weight is 256 g/mol. The van der Waals surface area contributed by atoms with Crippen LogP contribution in [0.5, 0.6) is 0 Å². The predicted octanol–water partition coefficient (Wildman–Crippen LogP) is 5.70. The molecule has 2 unspecified atom stereocenters. The van der Waals surface area contributed by atoms with Gasteiger partial charge in [0.05, 0.1) is 6.10 Å². The van der Waals surface area contributed by atoms with Gasteiger partial charge in [0.25, 0.3) is 0 Å². The van der Waals surface area contributed by atoms with Gasteiger partial charge in [-0.05, 0) is 18.8 Å². The summed E-state index contributed by atoms with van der Waals surface area (Å²) in [7, 11) is 0. The van der Waals surface area contributed by atoms with Crippen LogP contribution in [-0.2, 0) is 0 Å². The second kappa shape index (κ2) is 13.4. The Balaban J connectivity index is 3.28. The fraction of sp³-hybridized carbons (Fsp3) is 1.00. The van der Waals surface area contributed by atoms with Crippen LogP contribution >= 0.6 is 0 Å². The van der Waals surface area contributed by atoms with Crippen LogP contribution in [0.1, 0.15) is 97.8 Å². The lowest BCUT2D eigenvalue weighted by Gasteiger charge is -2.16. The zero-order valence-corrected chi connectivity index (χ0v) is 13.1. The number of aliphatic hydroxyl groups excluding tert-OH is 1. The fourth-order valence-electron chi connectivity index (χ4n) is 2.59.